The molecule has 9 nitrogen and oxygen atoms in total. The molecule has 4 rings (SSSR count). The number of aliphatic hydroxyl groups excluding tert-OH is 2. The average molecular weight is 456 g/mol. The normalized spacial score (nSPS) is 31.2. The predicted octanol–water partition coefficient (Wildman–Crippen LogP) is 0.207. The van der Waals surface area contributed by atoms with E-state index < -0.39 is 52.7 Å². The van der Waals surface area contributed by atoms with Gasteiger partial charge in [0.15, 0.2) is 11.4 Å². The number of aromatic hydroxyl groups is 1. The molecule has 176 valence electrons. The van der Waals surface area contributed by atoms with Crippen molar-refractivity contribution in [2.45, 2.75) is 37.5 Å². The van der Waals surface area contributed by atoms with Crippen LogP contribution in [0.25, 0.3) is 5.76 Å². The standard InChI is InChI=1S/C24H28N2O7/c1-3-6-26(2)10-12-5-4-11-7-13-8-14-9-15(27)18(23(25)32)22(31)24(14,33)21(30)17(13)20(29)16(11)19(12)28/h3-5,13-15,18,27-29,33H,1,6-10H2,2H3,(H2,25,32)/t13-,14-,15?,18?,24-/m0/s1. The Morgan fingerprint density at radius 1 is 1.30 bits per heavy atom. The van der Waals surface area contributed by atoms with Crippen molar-refractivity contribution >= 4 is 23.2 Å². The van der Waals surface area contributed by atoms with E-state index in [1.165, 1.54) is 0 Å². The minimum absolute atomic E-state index is 0.107. The summed E-state index contributed by atoms with van der Waals surface area (Å²) < 4.78 is 0. The van der Waals surface area contributed by atoms with Crippen LogP contribution >= 0.6 is 0 Å². The van der Waals surface area contributed by atoms with E-state index >= 15 is 0 Å². The summed E-state index contributed by atoms with van der Waals surface area (Å²) in [7, 11) is 1.84. The minimum atomic E-state index is -2.56. The van der Waals surface area contributed by atoms with Crippen molar-refractivity contribution in [2.24, 2.45) is 23.5 Å². The second-order valence-electron chi connectivity index (χ2n) is 9.33. The zero-order valence-corrected chi connectivity index (χ0v) is 18.3. The Balaban J connectivity index is 1.79. The molecule has 3 aliphatic carbocycles. The van der Waals surface area contributed by atoms with Crippen molar-refractivity contribution in [1.82, 2.24) is 4.90 Å². The van der Waals surface area contributed by atoms with Crippen LogP contribution in [0.4, 0.5) is 0 Å². The number of phenols is 1. The first-order valence-electron chi connectivity index (χ1n) is 10.9. The second-order valence-corrected chi connectivity index (χ2v) is 9.33. The van der Waals surface area contributed by atoms with E-state index in [-0.39, 0.29) is 29.7 Å². The first kappa shape index (κ1) is 23.2. The zero-order chi connectivity index (χ0) is 24.2. The highest BCUT2D eigenvalue weighted by molar-refractivity contribution is 6.24. The summed E-state index contributed by atoms with van der Waals surface area (Å²) in [5.41, 5.74) is 3.83. The Morgan fingerprint density at radius 3 is 2.64 bits per heavy atom. The van der Waals surface area contributed by atoms with Gasteiger partial charge in [0.25, 0.3) is 0 Å². The highest BCUT2D eigenvalue weighted by Gasteiger charge is 2.63. The van der Waals surface area contributed by atoms with E-state index in [2.05, 4.69) is 6.58 Å². The van der Waals surface area contributed by atoms with Gasteiger partial charge >= 0.3 is 0 Å². The number of hydrogen-bond donors (Lipinski definition) is 5. The molecule has 0 aromatic heterocycles. The lowest BCUT2D eigenvalue weighted by Crippen LogP contribution is -2.66. The fourth-order valence-electron chi connectivity index (χ4n) is 5.65. The number of aliphatic hydroxyl groups is 3. The van der Waals surface area contributed by atoms with Crippen molar-refractivity contribution in [3.63, 3.8) is 0 Å². The Morgan fingerprint density at radius 2 is 2.00 bits per heavy atom. The fraction of sp³-hybridized carbons (Fsp3) is 0.458. The van der Waals surface area contributed by atoms with E-state index in [9.17, 15) is 34.8 Å². The molecule has 9 heteroatoms. The van der Waals surface area contributed by atoms with Gasteiger partial charge in [-0.05, 0) is 37.8 Å². The van der Waals surface area contributed by atoms with Crippen LogP contribution in [-0.2, 0) is 27.3 Å². The number of nitrogens with zero attached hydrogens (tertiary/aromatic N) is 1. The average Bonchev–Trinajstić information content (AvgIpc) is 2.72. The molecule has 1 amide bonds. The molecule has 1 aromatic rings. The van der Waals surface area contributed by atoms with Gasteiger partial charge in [-0.3, -0.25) is 19.3 Å². The van der Waals surface area contributed by atoms with Crippen LogP contribution < -0.4 is 5.73 Å². The molecule has 0 spiro atoms. The molecular weight excluding hydrogens is 428 g/mol. The molecule has 6 N–H and O–H groups in total. The maximum Gasteiger partial charge on any atom is 0.230 e. The molecule has 5 atom stereocenters. The molecule has 33 heavy (non-hydrogen) atoms. The zero-order valence-electron chi connectivity index (χ0n) is 18.3. The molecule has 0 aliphatic heterocycles. The van der Waals surface area contributed by atoms with Crippen LogP contribution in [-0.4, -0.2) is 68.1 Å². The third-order valence-electron chi connectivity index (χ3n) is 7.22. The van der Waals surface area contributed by atoms with E-state index in [4.69, 9.17) is 5.73 Å². The second kappa shape index (κ2) is 8.09. The SMILES string of the molecule is C=CCN(C)Cc1ccc2c(c1O)C(O)=C1C(=O)[C@]3(O)C(=O)C(C(N)=O)C(O)C[C@@H]3C[C@@H]1C2. The van der Waals surface area contributed by atoms with Crippen LogP contribution in [0.15, 0.2) is 30.4 Å². The maximum atomic E-state index is 13.5. The number of ketones is 2. The van der Waals surface area contributed by atoms with Gasteiger partial charge in [0.05, 0.1) is 11.7 Å². The quantitative estimate of drug-likeness (QED) is 0.310. The summed E-state index contributed by atoms with van der Waals surface area (Å²) in [5, 5.41) is 43.5. The number of nitrogens with two attached hydrogens (primary N) is 1. The number of amides is 1. The Labute approximate surface area is 190 Å². The van der Waals surface area contributed by atoms with Crippen molar-refractivity contribution in [3.05, 3.63) is 47.1 Å². The fourth-order valence-corrected chi connectivity index (χ4v) is 5.65. The Kier molecular flexibility index (Phi) is 5.68. The Hall–Kier alpha value is -3.01. The molecule has 3 aliphatic rings. The summed E-state index contributed by atoms with van der Waals surface area (Å²) in [4.78, 5) is 40.1. The molecule has 0 heterocycles. The summed E-state index contributed by atoms with van der Waals surface area (Å²) in [6.07, 6.45) is 0.655. The number of benzene rings is 1. The highest BCUT2D eigenvalue weighted by Crippen LogP contribution is 2.51. The van der Waals surface area contributed by atoms with Crippen molar-refractivity contribution in [2.75, 3.05) is 13.6 Å². The van der Waals surface area contributed by atoms with Crippen molar-refractivity contribution in [3.8, 4) is 5.75 Å². The van der Waals surface area contributed by atoms with E-state index in [1.54, 1.807) is 18.2 Å². The van der Waals surface area contributed by atoms with Crippen LogP contribution in [0.2, 0.25) is 0 Å². The molecule has 0 bridgehead atoms. The summed E-state index contributed by atoms with van der Waals surface area (Å²) in [6.45, 7) is 4.63. The summed E-state index contributed by atoms with van der Waals surface area (Å²) in [5.74, 6) is -7.02. The third-order valence-corrected chi connectivity index (χ3v) is 7.22. The molecule has 2 fully saturated rings. The monoisotopic (exact) mass is 456 g/mol. The molecule has 2 unspecified atom stereocenters. The largest absolute Gasteiger partial charge is 0.507 e. The smallest absolute Gasteiger partial charge is 0.230 e. The number of fused-ring (bicyclic) bond motifs is 3. The van der Waals surface area contributed by atoms with Gasteiger partial charge in [-0.2, -0.15) is 0 Å². The lowest BCUT2D eigenvalue weighted by Gasteiger charge is -2.48. The number of likely N-dealkylation sites (N-methyl/N-ethyl adjacent to an activating group) is 1. The van der Waals surface area contributed by atoms with Gasteiger partial charge in [0.2, 0.25) is 11.7 Å². The summed E-state index contributed by atoms with van der Waals surface area (Å²) in [6, 6.07) is 3.55. The third kappa shape index (κ3) is 3.38. The van der Waals surface area contributed by atoms with Crippen LogP contribution in [0.1, 0.15) is 29.5 Å². The Bertz CT molecular complexity index is 1090. The van der Waals surface area contributed by atoms with Gasteiger partial charge < -0.3 is 26.2 Å². The number of carbonyl (C=O) groups excluding carboxylic acids is 3. The number of carbonyl (C=O) groups is 3. The maximum absolute atomic E-state index is 13.5. The van der Waals surface area contributed by atoms with Crippen LogP contribution in [0.5, 0.6) is 5.75 Å². The molecule has 1 aromatic carbocycles. The van der Waals surface area contributed by atoms with Crippen molar-refractivity contribution in [1.29, 1.82) is 0 Å². The van der Waals surface area contributed by atoms with E-state index in [1.807, 2.05) is 11.9 Å². The van der Waals surface area contributed by atoms with Gasteiger partial charge in [0.1, 0.15) is 17.4 Å². The predicted molar refractivity (Wildman–Crippen MR) is 118 cm³/mol. The minimum Gasteiger partial charge on any atom is -0.507 e. The summed E-state index contributed by atoms with van der Waals surface area (Å²) >= 11 is 0. The molecule has 0 saturated heterocycles. The lowest BCUT2D eigenvalue weighted by atomic mass is 9.56. The van der Waals surface area contributed by atoms with Gasteiger partial charge in [0, 0.05) is 30.1 Å². The number of rotatable bonds is 5. The lowest BCUT2D eigenvalue weighted by molar-refractivity contribution is -0.174. The van der Waals surface area contributed by atoms with Gasteiger partial charge in [-0.1, -0.05) is 18.2 Å². The van der Waals surface area contributed by atoms with Gasteiger partial charge in [-0.25, -0.2) is 0 Å². The van der Waals surface area contributed by atoms with E-state index in [0.29, 0.717) is 30.6 Å². The topological polar surface area (TPSA) is 161 Å². The number of Topliss-reactive ketones (excluding diaryl/α,β-unsaturated/α-hetero) is 2. The molecule has 0 radical (unpaired) electrons. The first-order chi connectivity index (χ1) is 15.5. The number of primary amides is 1. The van der Waals surface area contributed by atoms with Crippen LogP contribution in [0, 0.1) is 17.8 Å². The van der Waals surface area contributed by atoms with Crippen molar-refractivity contribution < 1.29 is 34.8 Å². The first-order valence-corrected chi connectivity index (χ1v) is 10.9. The molecule has 2 saturated carbocycles. The number of hydrogen-bond acceptors (Lipinski definition) is 8. The molecular formula is C24H28N2O7. The highest BCUT2D eigenvalue weighted by atomic mass is 16.3. The van der Waals surface area contributed by atoms with Crippen LogP contribution in [0.3, 0.4) is 0 Å². The number of phenolic OH excluding ortho intramolecular Hbond substituents is 1. The van der Waals surface area contributed by atoms with E-state index in [0.717, 1.165) is 0 Å². The van der Waals surface area contributed by atoms with Gasteiger partial charge in [-0.15, -0.1) is 6.58 Å².